The van der Waals surface area contributed by atoms with Crippen molar-refractivity contribution in [1.29, 1.82) is 0 Å². The van der Waals surface area contributed by atoms with Crippen LogP contribution in [-0.4, -0.2) is 26.6 Å². The highest BCUT2D eigenvalue weighted by molar-refractivity contribution is 7.92. The molecule has 6 nitrogen and oxygen atoms in total. The van der Waals surface area contributed by atoms with Gasteiger partial charge in [0.2, 0.25) is 15.9 Å². The third-order valence-electron chi connectivity index (χ3n) is 2.61. The first-order valence-electron chi connectivity index (χ1n) is 6.30. The van der Waals surface area contributed by atoms with Crippen LogP contribution in [0, 0.1) is 0 Å². The minimum atomic E-state index is -3.36. The van der Waals surface area contributed by atoms with Crippen molar-refractivity contribution in [3.63, 3.8) is 0 Å². The van der Waals surface area contributed by atoms with Crippen LogP contribution in [0.1, 0.15) is 31.9 Å². The standard InChI is InChI=1S/C13H21N3O3S/c1-9(14)8-13(17)15-10(2)11-6-4-5-7-12(11)16-20(3,18)19/h4-7,9-10,16H,8,14H2,1-3H3,(H,15,17). The molecule has 1 aromatic carbocycles. The molecule has 0 heterocycles. The van der Waals surface area contributed by atoms with E-state index in [1.165, 1.54) is 0 Å². The Morgan fingerprint density at radius 2 is 1.90 bits per heavy atom. The van der Waals surface area contributed by atoms with Crippen LogP contribution in [0.5, 0.6) is 0 Å². The molecule has 0 saturated carbocycles. The number of anilines is 1. The Labute approximate surface area is 119 Å². The van der Waals surface area contributed by atoms with Gasteiger partial charge in [0.15, 0.2) is 0 Å². The molecule has 4 N–H and O–H groups in total. The van der Waals surface area contributed by atoms with Crippen molar-refractivity contribution < 1.29 is 13.2 Å². The monoisotopic (exact) mass is 299 g/mol. The molecule has 0 aliphatic heterocycles. The van der Waals surface area contributed by atoms with Crippen molar-refractivity contribution in [3.8, 4) is 0 Å². The third-order valence-corrected chi connectivity index (χ3v) is 3.20. The smallest absolute Gasteiger partial charge is 0.229 e. The maximum atomic E-state index is 11.7. The van der Waals surface area contributed by atoms with Crippen molar-refractivity contribution in [3.05, 3.63) is 29.8 Å². The second kappa shape index (κ2) is 6.71. The molecular weight excluding hydrogens is 278 g/mol. The molecule has 0 aromatic heterocycles. The zero-order valence-electron chi connectivity index (χ0n) is 11.9. The Hall–Kier alpha value is -1.60. The number of hydrogen-bond donors (Lipinski definition) is 3. The second-order valence-corrected chi connectivity index (χ2v) is 6.68. The predicted octanol–water partition coefficient (Wildman–Crippen LogP) is 0.973. The van der Waals surface area contributed by atoms with E-state index in [1.807, 2.05) is 0 Å². The lowest BCUT2D eigenvalue weighted by Crippen LogP contribution is -2.32. The van der Waals surface area contributed by atoms with Gasteiger partial charge in [-0.3, -0.25) is 9.52 Å². The van der Waals surface area contributed by atoms with Gasteiger partial charge < -0.3 is 11.1 Å². The molecule has 0 aliphatic rings. The molecule has 2 unspecified atom stereocenters. The molecule has 0 bridgehead atoms. The quantitative estimate of drug-likeness (QED) is 0.728. The van der Waals surface area contributed by atoms with Crippen molar-refractivity contribution in [2.45, 2.75) is 32.4 Å². The summed E-state index contributed by atoms with van der Waals surface area (Å²) in [5.41, 5.74) is 6.73. The predicted molar refractivity (Wildman–Crippen MR) is 79.7 cm³/mol. The lowest BCUT2D eigenvalue weighted by atomic mass is 10.1. The average Bonchev–Trinajstić information content (AvgIpc) is 2.25. The SMILES string of the molecule is CC(N)CC(=O)NC(C)c1ccccc1NS(C)(=O)=O. The summed E-state index contributed by atoms with van der Waals surface area (Å²) < 4.78 is 25.1. The van der Waals surface area contributed by atoms with Gasteiger partial charge in [0.1, 0.15) is 0 Å². The van der Waals surface area contributed by atoms with Gasteiger partial charge in [0, 0.05) is 12.5 Å². The van der Waals surface area contributed by atoms with Crippen molar-refractivity contribution >= 4 is 21.6 Å². The maximum Gasteiger partial charge on any atom is 0.229 e. The van der Waals surface area contributed by atoms with E-state index < -0.39 is 10.0 Å². The van der Waals surface area contributed by atoms with Gasteiger partial charge in [0.25, 0.3) is 0 Å². The van der Waals surface area contributed by atoms with Crippen LogP contribution < -0.4 is 15.8 Å². The summed E-state index contributed by atoms with van der Waals surface area (Å²) in [6.07, 6.45) is 1.31. The van der Waals surface area contributed by atoms with Gasteiger partial charge in [-0.15, -0.1) is 0 Å². The normalized spacial score (nSPS) is 14.4. The number of carbonyl (C=O) groups is 1. The van der Waals surface area contributed by atoms with Crippen LogP contribution in [0.15, 0.2) is 24.3 Å². The summed E-state index contributed by atoms with van der Waals surface area (Å²) in [6, 6.07) is 6.41. The number of carbonyl (C=O) groups excluding carboxylic acids is 1. The lowest BCUT2D eigenvalue weighted by Gasteiger charge is -2.19. The van der Waals surface area contributed by atoms with E-state index in [1.54, 1.807) is 38.1 Å². The number of nitrogens with one attached hydrogen (secondary N) is 2. The van der Waals surface area contributed by atoms with Crippen LogP contribution in [0.3, 0.4) is 0 Å². The summed E-state index contributed by atoms with van der Waals surface area (Å²) in [4.78, 5) is 11.7. The molecule has 1 rings (SSSR count). The molecule has 0 saturated heterocycles. The molecule has 1 amide bonds. The van der Waals surface area contributed by atoms with Crippen LogP contribution in [0.2, 0.25) is 0 Å². The summed E-state index contributed by atoms with van der Waals surface area (Å²) in [6.45, 7) is 3.55. The Kier molecular flexibility index (Phi) is 5.52. The van der Waals surface area contributed by atoms with Gasteiger partial charge in [-0.05, 0) is 25.5 Å². The second-order valence-electron chi connectivity index (χ2n) is 4.93. The minimum absolute atomic E-state index is 0.165. The molecule has 1 aromatic rings. The van der Waals surface area contributed by atoms with Gasteiger partial charge in [-0.25, -0.2) is 8.42 Å². The molecule has 0 aliphatic carbocycles. The van der Waals surface area contributed by atoms with Crippen LogP contribution in [-0.2, 0) is 14.8 Å². The highest BCUT2D eigenvalue weighted by Crippen LogP contribution is 2.23. The molecule has 0 fully saturated rings. The fourth-order valence-corrected chi connectivity index (χ4v) is 2.42. The van der Waals surface area contributed by atoms with E-state index in [2.05, 4.69) is 10.0 Å². The number of benzene rings is 1. The first kappa shape index (κ1) is 16.5. The van der Waals surface area contributed by atoms with E-state index in [9.17, 15) is 13.2 Å². The Balaban J connectivity index is 2.87. The van der Waals surface area contributed by atoms with Crippen molar-refractivity contribution in [2.75, 3.05) is 11.0 Å². The highest BCUT2D eigenvalue weighted by Gasteiger charge is 2.15. The Bertz CT molecular complexity index is 570. The fraction of sp³-hybridized carbons (Fsp3) is 0.462. The average molecular weight is 299 g/mol. The molecule has 2 atom stereocenters. The first-order chi connectivity index (χ1) is 9.19. The number of para-hydroxylation sites is 1. The number of nitrogens with two attached hydrogens (primary N) is 1. The fourth-order valence-electron chi connectivity index (χ4n) is 1.84. The van der Waals surface area contributed by atoms with E-state index in [4.69, 9.17) is 5.73 Å². The maximum absolute atomic E-state index is 11.7. The van der Waals surface area contributed by atoms with Gasteiger partial charge in [0.05, 0.1) is 18.0 Å². The Morgan fingerprint density at radius 3 is 2.45 bits per heavy atom. The molecule has 112 valence electrons. The van der Waals surface area contributed by atoms with Crippen LogP contribution in [0.25, 0.3) is 0 Å². The lowest BCUT2D eigenvalue weighted by molar-refractivity contribution is -0.121. The third kappa shape index (κ3) is 5.58. The molecule has 7 heteroatoms. The number of rotatable bonds is 6. The minimum Gasteiger partial charge on any atom is -0.349 e. The Morgan fingerprint density at radius 1 is 1.30 bits per heavy atom. The first-order valence-corrected chi connectivity index (χ1v) is 8.20. The van der Waals surface area contributed by atoms with Gasteiger partial charge in [-0.2, -0.15) is 0 Å². The molecular formula is C13H21N3O3S. The summed E-state index contributed by atoms with van der Waals surface area (Å²) in [5.74, 6) is -0.165. The van der Waals surface area contributed by atoms with E-state index >= 15 is 0 Å². The molecule has 20 heavy (non-hydrogen) atoms. The summed E-state index contributed by atoms with van der Waals surface area (Å²) in [5, 5.41) is 2.80. The molecule has 0 radical (unpaired) electrons. The van der Waals surface area contributed by atoms with E-state index in [0.717, 1.165) is 6.26 Å². The van der Waals surface area contributed by atoms with E-state index in [-0.39, 0.29) is 24.4 Å². The van der Waals surface area contributed by atoms with Crippen molar-refractivity contribution in [1.82, 2.24) is 5.32 Å². The zero-order valence-corrected chi connectivity index (χ0v) is 12.7. The van der Waals surface area contributed by atoms with Crippen LogP contribution in [0.4, 0.5) is 5.69 Å². The van der Waals surface area contributed by atoms with Gasteiger partial charge >= 0.3 is 0 Å². The zero-order chi connectivity index (χ0) is 15.3. The van der Waals surface area contributed by atoms with Crippen LogP contribution >= 0.6 is 0 Å². The highest BCUT2D eigenvalue weighted by atomic mass is 32.2. The topological polar surface area (TPSA) is 101 Å². The number of hydrogen-bond acceptors (Lipinski definition) is 4. The summed E-state index contributed by atoms with van der Waals surface area (Å²) >= 11 is 0. The van der Waals surface area contributed by atoms with Crippen molar-refractivity contribution in [2.24, 2.45) is 5.73 Å². The molecule has 0 spiro atoms. The largest absolute Gasteiger partial charge is 0.349 e. The number of amides is 1. The summed E-state index contributed by atoms with van der Waals surface area (Å²) in [7, 11) is -3.36. The van der Waals surface area contributed by atoms with Gasteiger partial charge in [-0.1, -0.05) is 18.2 Å². The van der Waals surface area contributed by atoms with E-state index in [0.29, 0.717) is 11.3 Å². The number of sulfonamides is 1.